The van der Waals surface area contributed by atoms with Crippen molar-refractivity contribution in [1.82, 2.24) is 14.5 Å². The normalized spacial score (nSPS) is 12.7. The van der Waals surface area contributed by atoms with Gasteiger partial charge in [-0.2, -0.15) is 0 Å². The molecular weight excluding hydrogens is 254 g/mol. The highest BCUT2D eigenvalue weighted by atomic mass is 32.1. The van der Waals surface area contributed by atoms with E-state index in [0.29, 0.717) is 5.92 Å². The van der Waals surface area contributed by atoms with Crippen LogP contribution in [0.4, 0.5) is 0 Å². The molecule has 0 amide bonds. The van der Waals surface area contributed by atoms with Gasteiger partial charge in [0.15, 0.2) is 4.77 Å². The smallest absolute Gasteiger partial charge is 0.178 e. The summed E-state index contributed by atoms with van der Waals surface area (Å²) in [7, 11) is 0. The molecule has 0 aliphatic carbocycles. The van der Waals surface area contributed by atoms with E-state index >= 15 is 0 Å². The number of hydrogen-bond donors (Lipinski definition) is 1. The van der Waals surface area contributed by atoms with E-state index in [0.717, 1.165) is 22.3 Å². The number of fused-ring (bicyclic) bond motifs is 1. The number of hydrogen-bond acceptors (Lipinski definition) is 2. The van der Waals surface area contributed by atoms with Gasteiger partial charge in [0, 0.05) is 12.7 Å². The van der Waals surface area contributed by atoms with Gasteiger partial charge in [-0.15, -0.1) is 0 Å². The van der Waals surface area contributed by atoms with Crippen LogP contribution in [0.5, 0.6) is 0 Å². The number of aromatic amines is 1. The lowest BCUT2D eigenvalue weighted by Crippen LogP contribution is -2.06. The van der Waals surface area contributed by atoms with Gasteiger partial charge < -0.3 is 9.55 Å². The molecular formula is C15H15N3S. The van der Waals surface area contributed by atoms with Crippen LogP contribution in [0.1, 0.15) is 18.4 Å². The first-order chi connectivity index (χ1) is 9.25. The first-order valence-electron chi connectivity index (χ1n) is 6.33. The molecule has 3 rings (SSSR count). The van der Waals surface area contributed by atoms with E-state index in [1.54, 1.807) is 6.20 Å². The molecule has 1 aromatic carbocycles. The lowest BCUT2D eigenvalue weighted by atomic mass is 10.0. The average Bonchev–Trinajstić information content (AvgIpc) is 2.76. The zero-order valence-electron chi connectivity index (χ0n) is 10.7. The van der Waals surface area contributed by atoms with Crippen molar-refractivity contribution in [1.29, 1.82) is 0 Å². The molecule has 96 valence electrons. The molecule has 3 aromatic rings. The van der Waals surface area contributed by atoms with Gasteiger partial charge in [0.25, 0.3) is 0 Å². The maximum absolute atomic E-state index is 5.40. The van der Waals surface area contributed by atoms with Crippen LogP contribution < -0.4 is 0 Å². The third kappa shape index (κ3) is 2.31. The SMILES string of the molecule is CC(Cn1c(=S)[nH]c2cnccc21)c1ccccc1. The molecule has 0 fully saturated rings. The summed E-state index contributed by atoms with van der Waals surface area (Å²) < 4.78 is 2.90. The zero-order chi connectivity index (χ0) is 13.2. The van der Waals surface area contributed by atoms with Crippen molar-refractivity contribution in [2.45, 2.75) is 19.4 Å². The fraction of sp³-hybridized carbons (Fsp3) is 0.200. The Morgan fingerprint density at radius 3 is 2.84 bits per heavy atom. The fourth-order valence-electron chi connectivity index (χ4n) is 2.35. The van der Waals surface area contributed by atoms with E-state index in [1.165, 1.54) is 5.56 Å². The van der Waals surface area contributed by atoms with Gasteiger partial charge in [0.1, 0.15) is 0 Å². The molecule has 1 N–H and O–H groups in total. The quantitative estimate of drug-likeness (QED) is 0.732. The lowest BCUT2D eigenvalue weighted by molar-refractivity contribution is 0.604. The Bertz CT molecular complexity index is 743. The minimum Gasteiger partial charge on any atom is -0.329 e. The summed E-state index contributed by atoms with van der Waals surface area (Å²) in [5.41, 5.74) is 3.43. The highest BCUT2D eigenvalue weighted by molar-refractivity contribution is 7.71. The van der Waals surface area contributed by atoms with Gasteiger partial charge in [-0.05, 0) is 29.8 Å². The van der Waals surface area contributed by atoms with E-state index in [4.69, 9.17) is 12.2 Å². The molecule has 4 heteroatoms. The number of rotatable bonds is 3. The van der Waals surface area contributed by atoms with Crippen LogP contribution in [0, 0.1) is 4.77 Å². The van der Waals surface area contributed by atoms with Gasteiger partial charge in [-0.1, -0.05) is 37.3 Å². The molecule has 0 bridgehead atoms. The van der Waals surface area contributed by atoms with E-state index in [2.05, 4.69) is 45.7 Å². The number of aromatic nitrogens is 3. The van der Waals surface area contributed by atoms with Crippen LogP contribution in [0.3, 0.4) is 0 Å². The lowest BCUT2D eigenvalue weighted by Gasteiger charge is -2.13. The summed E-state index contributed by atoms with van der Waals surface area (Å²) in [6.45, 7) is 3.09. The van der Waals surface area contributed by atoms with Crippen LogP contribution in [0.15, 0.2) is 48.8 Å². The number of H-pyrrole nitrogens is 1. The summed E-state index contributed by atoms with van der Waals surface area (Å²) in [6, 6.07) is 12.5. The summed E-state index contributed by atoms with van der Waals surface area (Å²) >= 11 is 5.40. The summed E-state index contributed by atoms with van der Waals surface area (Å²) in [4.78, 5) is 7.31. The molecule has 0 aliphatic rings. The predicted molar refractivity (Wildman–Crippen MR) is 79.8 cm³/mol. The van der Waals surface area contributed by atoms with Crippen molar-refractivity contribution >= 4 is 23.3 Å². The monoisotopic (exact) mass is 269 g/mol. The molecule has 0 saturated heterocycles. The van der Waals surface area contributed by atoms with Crippen molar-refractivity contribution < 1.29 is 0 Å². The molecule has 0 spiro atoms. The topological polar surface area (TPSA) is 33.6 Å². The molecule has 2 heterocycles. The first kappa shape index (κ1) is 12.1. The summed E-state index contributed by atoms with van der Waals surface area (Å²) in [5, 5.41) is 0. The second-order valence-electron chi connectivity index (χ2n) is 4.75. The van der Waals surface area contributed by atoms with Gasteiger partial charge >= 0.3 is 0 Å². The fourth-order valence-corrected chi connectivity index (χ4v) is 2.64. The molecule has 1 unspecified atom stereocenters. The Hall–Kier alpha value is -1.94. The Morgan fingerprint density at radius 2 is 2.05 bits per heavy atom. The van der Waals surface area contributed by atoms with Gasteiger partial charge in [-0.3, -0.25) is 4.98 Å². The minimum atomic E-state index is 0.417. The Kier molecular flexibility index (Phi) is 3.17. The second-order valence-corrected chi connectivity index (χ2v) is 5.13. The Labute approximate surface area is 116 Å². The third-order valence-corrected chi connectivity index (χ3v) is 3.72. The molecule has 2 aromatic heterocycles. The molecule has 0 aliphatic heterocycles. The van der Waals surface area contributed by atoms with Crippen molar-refractivity contribution in [2.75, 3.05) is 0 Å². The number of nitrogens with zero attached hydrogens (tertiary/aromatic N) is 2. The number of pyridine rings is 1. The predicted octanol–water partition coefficient (Wildman–Crippen LogP) is 3.90. The molecule has 0 saturated carbocycles. The number of imidazole rings is 1. The van der Waals surface area contributed by atoms with Crippen LogP contribution >= 0.6 is 12.2 Å². The van der Waals surface area contributed by atoms with Crippen LogP contribution in [-0.2, 0) is 6.54 Å². The van der Waals surface area contributed by atoms with Gasteiger partial charge in [0.05, 0.1) is 17.2 Å². The second kappa shape index (κ2) is 4.97. The van der Waals surface area contributed by atoms with Gasteiger partial charge in [0.2, 0.25) is 0 Å². The molecule has 0 radical (unpaired) electrons. The maximum atomic E-state index is 5.40. The highest BCUT2D eigenvalue weighted by Gasteiger charge is 2.10. The van der Waals surface area contributed by atoms with E-state index in [-0.39, 0.29) is 0 Å². The van der Waals surface area contributed by atoms with Crippen molar-refractivity contribution in [2.24, 2.45) is 0 Å². The standard InChI is InChI=1S/C15H15N3S/c1-11(12-5-3-2-4-6-12)10-18-14-7-8-16-9-13(14)17-15(18)19/h2-9,11H,10H2,1H3,(H,17,19). The molecule has 1 atom stereocenters. The van der Waals surface area contributed by atoms with Crippen LogP contribution in [0.25, 0.3) is 11.0 Å². The first-order valence-corrected chi connectivity index (χ1v) is 6.74. The minimum absolute atomic E-state index is 0.417. The van der Waals surface area contributed by atoms with E-state index in [9.17, 15) is 0 Å². The molecule has 19 heavy (non-hydrogen) atoms. The summed E-state index contributed by atoms with van der Waals surface area (Å²) in [6.07, 6.45) is 3.61. The van der Waals surface area contributed by atoms with Gasteiger partial charge in [-0.25, -0.2) is 0 Å². The third-order valence-electron chi connectivity index (χ3n) is 3.40. The average molecular weight is 269 g/mol. The number of nitrogens with one attached hydrogen (secondary N) is 1. The number of benzene rings is 1. The molecule has 3 nitrogen and oxygen atoms in total. The Morgan fingerprint density at radius 1 is 1.26 bits per heavy atom. The van der Waals surface area contributed by atoms with Crippen molar-refractivity contribution in [3.63, 3.8) is 0 Å². The van der Waals surface area contributed by atoms with E-state index < -0.39 is 0 Å². The van der Waals surface area contributed by atoms with Crippen LogP contribution in [0.2, 0.25) is 0 Å². The summed E-state index contributed by atoms with van der Waals surface area (Å²) in [5.74, 6) is 0.417. The van der Waals surface area contributed by atoms with Crippen molar-refractivity contribution in [3.8, 4) is 0 Å². The Balaban J connectivity index is 1.98. The van der Waals surface area contributed by atoms with Crippen LogP contribution in [-0.4, -0.2) is 14.5 Å². The highest BCUT2D eigenvalue weighted by Crippen LogP contribution is 2.20. The zero-order valence-corrected chi connectivity index (χ0v) is 11.5. The van der Waals surface area contributed by atoms with E-state index in [1.807, 2.05) is 18.3 Å². The van der Waals surface area contributed by atoms with Crippen molar-refractivity contribution in [3.05, 3.63) is 59.1 Å². The largest absolute Gasteiger partial charge is 0.329 e. The maximum Gasteiger partial charge on any atom is 0.178 e.